The molecule has 1 aromatic rings. The number of ether oxygens (including phenoxy) is 1. The fourth-order valence-electron chi connectivity index (χ4n) is 1.65. The molecule has 1 rings (SSSR count). The Kier molecular flexibility index (Phi) is 7.50. The first-order valence-corrected chi connectivity index (χ1v) is 6.82. The molecule has 112 valence electrons. The van der Waals surface area contributed by atoms with Crippen LogP contribution in [0.4, 0.5) is 0 Å². The summed E-state index contributed by atoms with van der Waals surface area (Å²) in [6.45, 7) is 9.87. The lowest BCUT2D eigenvalue weighted by molar-refractivity contribution is 0.179. The number of methoxy groups -OCH3 is 1. The summed E-state index contributed by atoms with van der Waals surface area (Å²) in [6.07, 6.45) is 2.50. The Balaban J connectivity index is 2.44. The van der Waals surface area contributed by atoms with Crippen LogP contribution >= 0.6 is 0 Å². The highest BCUT2D eigenvalue weighted by Gasteiger charge is 2.05. The van der Waals surface area contributed by atoms with Crippen molar-refractivity contribution in [2.24, 2.45) is 4.99 Å². The van der Waals surface area contributed by atoms with Gasteiger partial charge >= 0.3 is 0 Å². The van der Waals surface area contributed by atoms with Crippen molar-refractivity contribution in [1.29, 1.82) is 0 Å². The van der Waals surface area contributed by atoms with Gasteiger partial charge in [-0.1, -0.05) is 12.2 Å². The quantitative estimate of drug-likeness (QED) is 0.434. The van der Waals surface area contributed by atoms with Gasteiger partial charge in [-0.25, -0.2) is 4.99 Å². The van der Waals surface area contributed by atoms with Gasteiger partial charge in [-0.2, -0.15) is 0 Å². The lowest BCUT2D eigenvalue weighted by Crippen LogP contribution is -2.44. The van der Waals surface area contributed by atoms with Crippen molar-refractivity contribution < 1.29 is 9.15 Å². The van der Waals surface area contributed by atoms with E-state index in [1.165, 1.54) is 0 Å². The summed E-state index contributed by atoms with van der Waals surface area (Å²) in [4.78, 5) is 4.47. The minimum atomic E-state index is 0.194. The fourth-order valence-corrected chi connectivity index (χ4v) is 1.65. The minimum Gasteiger partial charge on any atom is -0.469 e. The van der Waals surface area contributed by atoms with Gasteiger partial charge in [-0.3, -0.25) is 0 Å². The standard InChI is InChI=1S/C15H25N3O2/c1-12(2)10-17-15(18-13(3)11-19-4)16-8-7-14-6-5-9-20-14/h5-6,9,13H,1,7-8,10-11H2,2-4H3,(H2,16,17,18). The number of aliphatic imine (C=N–C) groups is 1. The molecule has 2 N–H and O–H groups in total. The number of hydrogen-bond donors (Lipinski definition) is 2. The van der Waals surface area contributed by atoms with E-state index in [9.17, 15) is 0 Å². The maximum atomic E-state index is 5.30. The van der Waals surface area contributed by atoms with Crippen LogP contribution in [0.15, 0.2) is 40.0 Å². The van der Waals surface area contributed by atoms with Crippen molar-refractivity contribution in [1.82, 2.24) is 10.6 Å². The van der Waals surface area contributed by atoms with Gasteiger partial charge in [-0.05, 0) is 26.0 Å². The van der Waals surface area contributed by atoms with Crippen LogP contribution in [-0.2, 0) is 11.2 Å². The van der Waals surface area contributed by atoms with Crippen LogP contribution in [0.1, 0.15) is 19.6 Å². The van der Waals surface area contributed by atoms with E-state index < -0.39 is 0 Å². The minimum absolute atomic E-state index is 0.194. The van der Waals surface area contributed by atoms with Crippen LogP contribution in [0.2, 0.25) is 0 Å². The third kappa shape index (κ3) is 6.99. The van der Waals surface area contributed by atoms with Crippen LogP contribution in [0.25, 0.3) is 0 Å². The molecule has 0 radical (unpaired) electrons. The highest BCUT2D eigenvalue weighted by atomic mass is 16.5. The van der Waals surface area contributed by atoms with Gasteiger partial charge in [0.25, 0.3) is 0 Å². The van der Waals surface area contributed by atoms with Crippen molar-refractivity contribution in [3.05, 3.63) is 36.3 Å². The summed E-state index contributed by atoms with van der Waals surface area (Å²) in [5, 5.41) is 6.58. The van der Waals surface area contributed by atoms with Crippen LogP contribution in [0, 0.1) is 0 Å². The molecule has 1 unspecified atom stereocenters. The first-order chi connectivity index (χ1) is 9.61. The second-order valence-corrected chi connectivity index (χ2v) is 4.88. The molecule has 0 aliphatic carbocycles. The van der Waals surface area contributed by atoms with Crippen LogP contribution in [0.5, 0.6) is 0 Å². The summed E-state index contributed by atoms with van der Waals surface area (Å²) in [5.41, 5.74) is 1.02. The van der Waals surface area contributed by atoms with E-state index in [4.69, 9.17) is 9.15 Å². The molecule has 0 aliphatic heterocycles. The van der Waals surface area contributed by atoms with Crippen molar-refractivity contribution in [3.8, 4) is 0 Å². The van der Waals surface area contributed by atoms with Crippen LogP contribution in [0.3, 0.4) is 0 Å². The molecule has 0 bridgehead atoms. The number of hydrogen-bond acceptors (Lipinski definition) is 3. The summed E-state index contributed by atoms with van der Waals surface area (Å²) >= 11 is 0. The lowest BCUT2D eigenvalue weighted by atomic mass is 10.3. The van der Waals surface area contributed by atoms with Crippen molar-refractivity contribution in [2.75, 3.05) is 26.8 Å². The largest absolute Gasteiger partial charge is 0.469 e. The SMILES string of the molecule is C=C(C)CN=C(NCCc1ccco1)NC(C)COC. The molecule has 0 saturated carbocycles. The molecule has 1 atom stereocenters. The van der Waals surface area contributed by atoms with Gasteiger partial charge in [0.2, 0.25) is 0 Å². The molecule has 0 saturated heterocycles. The molecule has 5 nitrogen and oxygen atoms in total. The van der Waals surface area contributed by atoms with Crippen LogP contribution < -0.4 is 10.6 Å². The Bertz CT molecular complexity index is 413. The lowest BCUT2D eigenvalue weighted by Gasteiger charge is -2.17. The number of furan rings is 1. The van der Waals surface area contributed by atoms with Crippen molar-refractivity contribution in [3.63, 3.8) is 0 Å². The first kappa shape index (κ1) is 16.3. The van der Waals surface area contributed by atoms with Crippen molar-refractivity contribution >= 4 is 5.96 Å². The van der Waals surface area contributed by atoms with Gasteiger partial charge in [0.05, 0.1) is 19.4 Å². The molecule has 0 amide bonds. The van der Waals surface area contributed by atoms with E-state index in [1.54, 1.807) is 13.4 Å². The van der Waals surface area contributed by atoms with Gasteiger partial charge in [-0.15, -0.1) is 0 Å². The average molecular weight is 279 g/mol. The Morgan fingerprint density at radius 1 is 1.55 bits per heavy atom. The zero-order valence-electron chi connectivity index (χ0n) is 12.6. The summed E-state index contributed by atoms with van der Waals surface area (Å²) in [5.74, 6) is 1.73. The second kappa shape index (κ2) is 9.20. The third-order valence-corrected chi connectivity index (χ3v) is 2.55. The Morgan fingerprint density at radius 3 is 2.95 bits per heavy atom. The zero-order chi connectivity index (χ0) is 14.8. The molecule has 0 spiro atoms. The van der Waals surface area contributed by atoms with Crippen molar-refractivity contribution in [2.45, 2.75) is 26.3 Å². The van der Waals surface area contributed by atoms with E-state index in [1.807, 2.05) is 26.0 Å². The fraction of sp³-hybridized carbons (Fsp3) is 0.533. The zero-order valence-corrected chi connectivity index (χ0v) is 12.6. The Morgan fingerprint density at radius 2 is 2.35 bits per heavy atom. The maximum absolute atomic E-state index is 5.30. The maximum Gasteiger partial charge on any atom is 0.191 e. The summed E-state index contributed by atoms with van der Waals surface area (Å²) in [6, 6.07) is 4.05. The molecule has 0 aromatic carbocycles. The molecule has 20 heavy (non-hydrogen) atoms. The van der Waals surface area contributed by atoms with Crippen LogP contribution in [-0.4, -0.2) is 38.8 Å². The highest BCUT2D eigenvalue weighted by Crippen LogP contribution is 1.99. The Hall–Kier alpha value is -1.75. The second-order valence-electron chi connectivity index (χ2n) is 4.88. The van der Waals surface area contributed by atoms with E-state index in [-0.39, 0.29) is 6.04 Å². The molecule has 0 aliphatic rings. The monoisotopic (exact) mass is 279 g/mol. The average Bonchev–Trinajstić information content (AvgIpc) is 2.89. The molecule has 5 heteroatoms. The first-order valence-electron chi connectivity index (χ1n) is 6.82. The predicted molar refractivity (Wildman–Crippen MR) is 82.0 cm³/mol. The summed E-state index contributed by atoms with van der Waals surface area (Å²) < 4.78 is 10.4. The van der Waals surface area contributed by atoms with Gasteiger partial charge < -0.3 is 19.8 Å². The van der Waals surface area contributed by atoms with E-state index in [2.05, 4.69) is 22.2 Å². The molecular formula is C15H25N3O2. The number of nitrogens with zero attached hydrogens (tertiary/aromatic N) is 1. The predicted octanol–water partition coefficient (Wildman–Crippen LogP) is 1.97. The Labute approximate surface area is 121 Å². The topological polar surface area (TPSA) is 58.8 Å². The number of rotatable bonds is 8. The molecule has 1 aromatic heterocycles. The van der Waals surface area contributed by atoms with Gasteiger partial charge in [0.1, 0.15) is 5.76 Å². The molecular weight excluding hydrogens is 254 g/mol. The van der Waals surface area contributed by atoms with E-state index in [0.717, 1.165) is 30.3 Å². The number of guanidine groups is 1. The normalized spacial score (nSPS) is 13.1. The van der Waals surface area contributed by atoms with E-state index >= 15 is 0 Å². The third-order valence-electron chi connectivity index (χ3n) is 2.55. The highest BCUT2D eigenvalue weighted by molar-refractivity contribution is 5.80. The molecule has 0 fully saturated rings. The van der Waals surface area contributed by atoms with Gasteiger partial charge in [0, 0.05) is 26.1 Å². The number of nitrogens with one attached hydrogen (secondary N) is 2. The van der Waals surface area contributed by atoms with E-state index in [0.29, 0.717) is 13.2 Å². The molecule has 1 heterocycles. The summed E-state index contributed by atoms with van der Waals surface area (Å²) in [7, 11) is 1.69. The van der Waals surface area contributed by atoms with Gasteiger partial charge in [0.15, 0.2) is 5.96 Å². The smallest absolute Gasteiger partial charge is 0.191 e.